The summed E-state index contributed by atoms with van der Waals surface area (Å²) < 4.78 is 5.25. The number of rotatable bonds is 6. The van der Waals surface area contributed by atoms with Crippen LogP contribution < -0.4 is 0 Å². The highest BCUT2D eigenvalue weighted by molar-refractivity contribution is 5.64. The summed E-state index contributed by atoms with van der Waals surface area (Å²) in [6.07, 6.45) is 6.94. The van der Waals surface area contributed by atoms with Crippen LogP contribution in [0.15, 0.2) is 12.2 Å². The summed E-state index contributed by atoms with van der Waals surface area (Å²) in [4.78, 5) is 19.6. The number of aldehydes is 1. The fourth-order valence-corrected chi connectivity index (χ4v) is 1.31. The van der Waals surface area contributed by atoms with E-state index in [1.807, 2.05) is 12.1 Å². The zero-order valence-corrected chi connectivity index (χ0v) is 9.22. The number of carbonyl (C=O) groups excluding carboxylic acids is 1. The zero-order chi connectivity index (χ0) is 11.9. The number of carbonyl (C=O) groups is 1. The molecule has 0 aliphatic carbocycles. The zero-order valence-electron chi connectivity index (χ0n) is 9.22. The number of ether oxygens (including phenoxy) is 1. The first-order valence-corrected chi connectivity index (χ1v) is 5.24. The van der Waals surface area contributed by atoms with Gasteiger partial charge in [-0.15, -0.1) is 0 Å². The second kappa shape index (κ2) is 6.38. The van der Waals surface area contributed by atoms with Gasteiger partial charge in [0.25, 0.3) is 5.79 Å². The summed E-state index contributed by atoms with van der Waals surface area (Å²) in [5.74, 6) is -1.28. The van der Waals surface area contributed by atoms with E-state index in [2.05, 4.69) is 0 Å². The first kappa shape index (κ1) is 12.8. The lowest BCUT2D eigenvalue weighted by molar-refractivity contribution is -0.311. The van der Waals surface area contributed by atoms with Crippen molar-refractivity contribution in [2.45, 2.75) is 44.7 Å². The van der Waals surface area contributed by atoms with Gasteiger partial charge in [-0.1, -0.05) is 6.08 Å². The summed E-state index contributed by atoms with van der Waals surface area (Å²) in [6, 6.07) is 1.87. The van der Waals surface area contributed by atoms with Gasteiger partial charge in [0.1, 0.15) is 12.4 Å². The Hall–Kier alpha value is -1.22. The van der Waals surface area contributed by atoms with Gasteiger partial charge in [-0.2, -0.15) is 10.1 Å². The van der Waals surface area contributed by atoms with Crippen LogP contribution in [0.2, 0.25) is 0 Å². The van der Waals surface area contributed by atoms with E-state index in [1.54, 1.807) is 0 Å². The highest BCUT2D eigenvalue weighted by Crippen LogP contribution is 2.26. The van der Waals surface area contributed by atoms with Gasteiger partial charge in [-0.3, -0.25) is 4.79 Å². The van der Waals surface area contributed by atoms with Gasteiger partial charge in [-0.05, 0) is 25.3 Å². The molecule has 2 atom stereocenters. The summed E-state index contributed by atoms with van der Waals surface area (Å²) in [6.45, 7) is 1.51. The SMILES string of the molecule is CC1(C#N)OOC(CCCC/C=C\C=O)O1. The molecule has 0 N–H and O–H groups in total. The first-order chi connectivity index (χ1) is 7.70. The van der Waals surface area contributed by atoms with Crippen LogP contribution in [-0.4, -0.2) is 18.4 Å². The molecular formula is C11H15NO4. The summed E-state index contributed by atoms with van der Waals surface area (Å²) in [7, 11) is 0. The largest absolute Gasteiger partial charge is 0.303 e. The minimum absolute atomic E-state index is 0.472. The standard InChI is InChI=1S/C11H15NO4/c1-11(9-12)14-10(15-16-11)7-5-3-2-4-6-8-13/h4,6,8,10H,2-3,5,7H2,1H3/b6-4-. The molecule has 2 unspecified atom stereocenters. The molecule has 0 aromatic heterocycles. The van der Waals surface area contributed by atoms with E-state index in [9.17, 15) is 4.79 Å². The molecule has 0 saturated carbocycles. The molecule has 1 fully saturated rings. The monoisotopic (exact) mass is 225 g/mol. The Morgan fingerprint density at radius 2 is 2.31 bits per heavy atom. The van der Waals surface area contributed by atoms with Crippen LogP contribution in [-0.2, 0) is 19.3 Å². The van der Waals surface area contributed by atoms with E-state index in [4.69, 9.17) is 19.8 Å². The van der Waals surface area contributed by atoms with E-state index in [1.165, 1.54) is 13.0 Å². The molecule has 0 aromatic rings. The van der Waals surface area contributed by atoms with Crippen molar-refractivity contribution in [2.24, 2.45) is 0 Å². The van der Waals surface area contributed by atoms with Crippen molar-refractivity contribution in [1.82, 2.24) is 0 Å². The first-order valence-electron chi connectivity index (χ1n) is 5.24. The summed E-state index contributed by atoms with van der Waals surface area (Å²) in [5, 5.41) is 8.69. The maximum Gasteiger partial charge on any atom is 0.288 e. The Morgan fingerprint density at radius 1 is 1.50 bits per heavy atom. The average molecular weight is 225 g/mol. The van der Waals surface area contributed by atoms with Crippen LogP contribution in [0.4, 0.5) is 0 Å². The Morgan fingerprint density at radius 3 is 2.94 bits per heavy atom. The minimum Gasteiger partial charge on any atom is -0.303 e. The van der Waals surface area contributed by atoms with Gasteiger partial charge < -0.3 is 4.74 Å². The van der Waals surface area contributed by atoms with Gasteiger partial charge in [0.15, 0.2) is 6.29 Å². The van der Waals surface area contributed by atoms with Gasteiger partial charge in [0.2, 0.25) is 0 Å². The molecule has 0 amide bonds. The fraction of sp³-hybridized carbons (Fsp3) is 0.636. The highest BCUT2D eigenvalue weighted by Gasteiger charge is 2.39. The lowest BCUT2D eigenvalue weighted by Gasteiger charge is -2.09. The van der Waals surface area contributed by atoms with Gasteiger partial charge in [0.05, 0.1) is 0 Å². The second-order valence-electron chi connectivity index (χ2n) is 3.63. The predicted octanol–water partition coefficient (Wildman–Crippen LogP) is 1.85. The van der Waals surface area contributed by atoms with Gasteiger partial charge in [-0.25, -0.2) is 4.89 Å². The average Bonchev–Trinajstić information content (AvgIpc) is 2.66. The van der Waals surface area contributed by atoms with Crippen LogP contribution >= 0.6 is 0 Å². The van der Waals surface area contributed by atoms with E-state index in [0.717, 1.165) is 25.5 Å². The van der Waals surface area contributed by atoms with Crippen molar-refractivity contribution in [3.63, 3.8) is 0 Å². The Balaban J connectivity index is 2.10. The molecule has 1 heterocycles. The maximum atomic E-state index is 9.98. The number of hydrogen-bond acceptors (Lipinski definition) is 5. The molecule has 0 aromatic carbocycles. The van der Waals surface area contributed by atoms with Crippen LogP contribution in [0.25, 0.3) is 0 Å². The number of unbranched alkanes of at least 4 members (excludes halogenated alkanes) is 2. The predicted molar refractivity (Wildman–Crippen MR) is 54.7 cm³/mol. The van der Waals surface area contributed by atoms with E-state index in [0.29, 0.717) is 6.42 Å². The third-order valence-electron chi connectivity index (χ3n) is 2.15. The molecule has 5 heteroatoms. The van der Waals surface area contributed by atoms with Crippen molar-refractivity contribution < 1.29 is 19.3 Å². The van der Waals surface area contributed by atoms with Crippen molar-refractivity contribution in [1.29, 1.82) is 5.26 Å². The van der Waals surface area contributed by atoms with Crippen molar-refractivity contribution in [3.8, 4) is 6.07 Å². The molecule has 5 nitrogen and oxygen atoms in total. The van der Waals surface area contributed by atoms with Crippen molar-refractivity contribution in [2.75, 3.05) is 0 Å². The smallest absolute Gasteiger partial charge is 0.288 e. The summed E-state index contributed by atoms with van der Waals surface area (Å²) in [5.41, 5.74) is 0. The Labute approximate surface area is 94.5 Å². The lowest BCUT2D eigenvalue weighted by atomic mass is 10.2. The molecule has 1 aliphatic heterocycles. The van der Waals surface area contributed by atoms with E-state index < -0.39 is 12.1 Å². The maximum absolute atomic E-state index is 9.98. The number of nitriles is 1. The fourth-order valence-electron chi connectivity index (χ4n) is 1.31. The van der Waals surface area contributed by atoms with E-state index in [-0.39, 0.29) is 0 Å². The number of nitrogens with zero attached hydrogens (tertiary/aromatic N) is 1. The molecule has 88 valence electrons. The molecule has 0 bridgehead atoms. The number of hydrogen-bond donors (Lipinski definition) is 0. The van der Waals surface area contributed by atoms with Gasteiger partial charge >= 0.3 is 0 Å². The topological polar surface area (TPSA) is 68.5 Å². The third kappa shape index (κ3) is 4.11. The molecule has 16 heavy (non-hydrogen) atoms. The van der Waals surface area contributed by atoms with Gasteiger partial charge in [0, 0.05) is 13.3 Å². The van der Waals surface area contributed by atoms with Crippen molar-refractivity contribution >= 4 is 6.29 Å². The Kier molecular flexibility index (Phi) is 5.12. The van der Waals surface area contributed by atoms with Crippen LogP contribution in [0.5, 0.6) is 0 Å². The van der Waals surface area contributed by atoms with Crippen LogP contribution in [0.1, 0.15) is 32.6 Å². The van der Waals surface area contributed by atoms with E-state index >= 15 is 0 Å². The van der Waals surface area contributed by atoms with Crippen LogP contribution in [0, 0.1) is 11.3 Å². The highest BCUT2D eigenvalue weighted by atomic mass is 17.3. The molecule has 0 radical (unpaired) electrons. The molecule has 0 spiro atoms. The summed E-state index contributed by atoms with van der Waals surface area (Å²) >= 11 is 0. The van der Waals surface area contributed by atoms with Crippen LogP contribution in [0.3, 0.4) is 0 Å². The molecule has 1 rings (SSSR count). The quantitative estimate of drug-likeness (QED) is 0.298. The molecule has 1 aliphatic rings. The molecule has 1 saturated heterocycles. The molecular weight excluding hydrogens is 210 g/mol. The normalized spacial score (nSPS) is 29.4. The van der Waals surface area contributed by atoms with Crippen molar-refractivity contribution in [3.05, 3.63) is 12.2 Å². The second-order valence-corrected chi connectivity index (χ2v) is 3.63. The minimum atomic E-state index is -1.28. The Bertz CT molecular complexity index is 297. The third-order valence-corrected chi connectivity index (χ3v) is 2.15. The lowest BCUT2D eigenvalue weighted by Crippen LogP contribution is -2.23. The number of allylic oxidation sites excluding steroid dienone is 2.